The number of carbonyl (C=O) groups is 1. The van der Waals surface area contributed by atoms with E-state index in [0.717, 1.165) is 29.3 Å². The van der Waals surface area contributed by atoms with E-state index in [1.807, 2.05) is 30.3 Å². The third-order valence-electron chi connectivity index (χ3n) is 4.83. The SMILES string of the molecule is NCC1(CC(=O)c2cccc3ncccc23)CCCCC1. The van der Waals surface area contributed by atoms with Crippen molar-refractivity contribution in [3.63, 3.8) is 0 Å². The largest absolute Gasteiger partial charge is 0.330 e. The van der Waals surface area contributed by atoms with E-state index in [1.54, 1.807) is 6.20 Å². The first-order chi connectivity index (χ1) is 10.2. The molecule has 0 amide bonds. The highest BCUT2D eigenvalue weighted by molar-refractivity contribution is 6.07. The summed E-state index contributed by atoms with van der Waals surface area (Å²) in [6, 6.07) is 9.65. The van der Waals surface area contributed by atoms with Crippen LogP contribution in [-0.4, -0.2) is 17.3 Å². The molecule has 0 atom stereocenters. The normalized spacial score (nSPS) is 17.8. The summed E-state index contributed by atoms with van der Waals surface area (Å²) in [5.41, 5.74) is 7.70. The van der Waals surface area contributed by atoms with Crippen LogP contribution < -0.4 is 5.73 Å². The summed E-state index contributed by atoms with van der Waals surface area (Å²) in [4.78, 5) is 17.1. The Hall–Kier alpha value is -1.74. The Kier molecular flexibility index (Phi) is 4.02. The fourth-order valence-corrected chi connectivity index (χ4v) is 3.54. The second-order valence-corrected chi connectivity index (χ2v) is 6.24. The second-order valence-electron chi connectivity index (χ2n) is 6.24. The van der Waals surface area contributed by atoms with Gasteiger partial charge in [-0.05, 0) is 36.9 Å². The van der Waals surface area contributed by atoms with Gasteiger partial charge < -0.3 is 5.73 Å². The highest BCUT2D eigenvalue weighted by atomic mass is 16.1. The van der Waals surface area contributed by atoms with Gasteiger partial charge in [0.2, 0.25) is 0 Å². The summed E-state index contributed by atoms with van der Waals surface area (Å²) in [5.74, 6) is 0.209. The van der Waals surface area contributed by atoms with Gasteiger partial charge in [-0.2, -0.15) is 0 Å². The van der Waals surface area contributed by atoms with Crippen molar-refractivity contribution in [2.45, 2.75) is 38.5 Å². The number of hydrogen-bond donors (Lipinski definition) is 1. The zero-order valence-electron chi connectivity index (χ0n) is 12.3. The molecule has 0 aliphatic heterocycles. The first-order valence-corrected chi connectivity index (χ1v) is 7.81. The van der Waals surface area contributed by atoms with Gasteiger partial charge in [0.05, 0.1) is 5.52 Å². The van der Waals surface area contributed by atoms with E-state index in [9.17, 15) is 4.79 Å². The molecule has 0 unspecified atom stereocenters. The Morgan fingerprint density at radius 1 is 1.14 bits per heavy atom. The molecule has 2 aromatic rings. The monoisotopic (exact) mass is 282 g/mol. The summed E-state index contributed by atoms with van der Waals surface area (Å²) in [6.45, 7) is 0.613. The Morgan fingerprint density at radius 3 is 2.71 bits per heavy atom. The Balaban J connectivity index is 1.90. The van der Waals surface area contributed by atoms with Crippen LogP contribution in [0, 0.1) is 5.41 Å². The van der Waals surface area contributed by atoms with Crippen molar-refractivity contribution < 1.29 is 4.79 Å². The lowest BCUT2D eigenvalue weighted by molar-refractivity contribution is 0.0869. The van der Waals surface area contributed by atoms with Gasteiger partial charge in [0.1, 0.15) is 0 Å². The molecule has 3 rings (SSSR count). The molecule has 0 radical (unpaired) electrons. The standard InChI is InChI=1S/C18H22N2O/c19-13-18(9-2-1-3-10-18)12-17(21)15-6-4-8-16-14(15)7-5-11-20-16/h4-8,11H,1-3,9-10,12-13,19H2. The second kappa shape index (κ2) is 5.94. The minimum atomic E-state index is 0.0136. The average Bonchev–Trinajstić information content (AvgIpc) is 2.55. The molecular weight excluding hydrogens is 260 g/mol. The predicted molar refractivity (Wildman–Crippen MR) is 85.3 cm³/mol. The lowest BCUT2D eigenvalue weighted by atomic mass is 9.70. The highest BCUT2D eigenvalue weighted by Crippen LogP contribution is 2.39. The molecule has 21 heavy (non-hydrogen) atoms. The summed E-state index contributed by atoms with van der Waals surface area (Å²) in [5, 5.41) is 0.952. The van der Waals surface area contributed by atoms with Crippen molar-refractivity contribution in [2.24, 2.45) is 11.1 Å². The van der Waals surface area contributed by atoms with Crippen LogP contribution in [0.1, 0.15) is 48.9 Å². The number of fused-ring (bicyclic) bond motifs is 1. The van der Waals surface area contributed by atoms with Crippen LogP contribution in [0.5, 0.6) is 0 Å². The Bertz CT molecular complexity index is 639. The van der Waals surface area contributed by atoms with Gasteiger partial charge in [0, 0.05) is 23.6 Å². The van der Waals surface area contributed by atoms with Crippen LogP contribution in [0.2, 0.25) is 0 Å². The smallest absolute Gasteiger partial charge is 0.164 e. The van der Waals surface area contributed by atoms with Gasteiger partial charge in [-0.25, -0.2) is 0 Å². The van der Waals surface area contributed by atoms with Crippen molar-refractivity contribution in [3.8, 4) is 0 Å². The molecule has 1 aromatic carbocycles. The summed E-state index contributed by atoms with van der Waals surface area (Å²) in [7, 11) is 0. The van der Waals surface area contributed by atoms with Crippen LogP contribution in [-0.2, 0) is 0 Å². The molecule has 3 heteroatoms. The van der Waals surface area contributed by atoms with E-state index in [-0.39, 0.29) is 11.2 Å². The van der Waals surface area contributed by atoms with Gasteiger partial charge in [0.15, 0.2) is 5.78 Å². The molecule has 1 aromatic heterocycles. The molecule has 0 bridgehead atoms. The molecule has 0 saturated heterocycles. The topological polar surface area (TPSA) is 56.0 Å². The summed E-state index contributed by atoms with van der Waals surface area (Å²) in [6.07, 6.45) is 8.16. The van der Waals surface area contributed by atoms with Crippen LogP contribution in [0.25, 0.3) is 10.9 Å². The number of Topliss-reactive ketones (excluding diaryl/α,β-unsaturated/α-hetero) is 1. The quantitative estimate of drug-likeness (QED) is 0.870. The van der Waals surface area contributed by atoms with Crippen molar-refractivity contribution in [1.29, 1.82) is 0 Å². The first kappa shape index (κ1) is 14.2. The van der Waals surface area contributed by atoms with E-state index in [4.69, 9.17) is 5.73 Å². The van der Waals surface area contributed by atoms with E-state index >= 15 is 0 Å². The fraction of sp³-hybridized carbons (Fsp3) is 0.444. The molecule has 1 fully saturated rings. The van der Waals surface area contributed by atoms with Crippen LogP contribution in [0.15, 0.2) is 36.5 Å². The molecular formula is C18H22N2O. The molecule has 110 valence electrons. The van der Waals surface area contributed by atoms with Crippen LogP contribution >= 0.6 is 0 Å². The number of carbonyl (C=O) groups excluding carboxylic acids is 1. The third-order valence-corrected chi connectivity index (χ3v) is 4.83. The van der Waals surface area contributed by atoms with E-state index in [2.05, 4.69) is 4.98 Å². The van der Waals surface area contributed by atoms with Gasteiger partial charge >= 0.3 is 0 Å². The fourth-order valence-electron chi connectivity index (χ4n) is 3.54. The minimum Gasteiger partial charge on any atom is -0.330 e. The number of aromatic nitrogens is 1. The number of ketones is 1. The molecule has 1 aliphatic carbocycles. The molecule has 1 aliphatic rings. The molecule has 3 nitrogen and oxygen atoms in total. The minimum absolute atomic E-state index is 0.0136. The average molecular weight is 282 g/mol. The van der Waals surface area contributed by atoms with Gasteiger partial charge in [-0.1, -0.05) is 37.5 Å². The zero-order valence-corrected chi connectivity index (χ0v) is 12.3. The lowest BCUT2D eigenvalue weighted by Gasteiger charge is -2.35. The number of benzene rings is 1. The number of nitrogens with two attached hydrogens (primary N) is 1. The maximum absolute atomic E-state index is 12.8. The van der Waals surface area contributed by atoms with Crippen molar-refractivity contribution in [3.05, 3.63) is 42.1 Å². The number of pyridine rings is 1. The number of rotatable bonds is 4. The molecule has 1 saturated carbocycles. The van der Waals surface area contributed by atoms with Gasteiger partial charge in [0.25, 0.3) is 0 Å². The van der Waals surface area contributed by atoms with Crippen LogP contribution in [0.4, 0.5) is 0 Å². The summed E-state index contributed by atoms with van der Waals surface area (Å²) >= 11 is 0. The molecule has 1 heterocycles. The number of hydrogen-bond acceptors (Lipinski definition) is 3. The maximum Gasteiger partial charge on any atom is 0.164 e. The molecule has 2 N–H and O–H groups in total. The predicted octanol–water partition coefficient (Wildman–Crippen LogP) is 3.72. The summed E-state index contributed by atoms with van der Waals surface area (Å²) < 4.78 is 0. The Labute approximate surface area is 125 Å². The third kappa shape index (κ3) is 2.84. The first-order valence-electron chi connectivity index (χ1n) is 7.81. The van der Waals surface area contributed by atoms with Crippen molar-refractivity contribution >= 4 is 16.7 Å². The van der Waals surface area contributed by atoms with Gasteiger partial charge in [-0.3, -0.25) is 9.78 Å². The Morgan fingerprint density at radius 2 is 1.95 bits per heavy atom. The lowest BCUT2D eigenvalue weighted by Crippen LogP contribution is -2.35. The number of nitrogens with zero attached hydrogens (tertiary/aromatic N) is 1. The van der Waals surface area contributed by atoms with E-state index in [0.29, 0.717) is 13.0 Å². The van der Waals surface area contributed by atoms with Gasteiger partial charge in [-0.15, -0.1) is 0 Å². The van der Waals surface area contributed by atoms with E-state index < -0.39 is 0 Å². The maximum atomic E-state index is 12.8. The van der Waals surface area contributed by atoms with E-state index in [1.165, 1.54) is 19.3 Å². The van der Waals surface area contributed by atoms with Crippen molar-refractivity contribution in [2.75, 3.05) is 6.54 Å². The highest BCUT2D eigenvalue weighted by Gasteiger charge is 2.33. The zero-order chi connectivity index (χ0) is 14.7. The van der Waals surface area contributed by atoms with Crippen molar-refractivity contribution in [1.82, 2.24) is 4.98 Å². The molecule has 0 spiro atoms. The van der Waals surface area contributed by atoms with Crippen LogP contribution in [0.3, 0.4) is 0 Å².